The second-order valence-electron chi connectivity index (χ2n) is 26.5. The van der Waals surface area contributed by atoms with Crippen LogP contribution >= 0.6 is 0 Å². The van der Waals surface area contributed by atoms with E-state index < -0.39 is 6.04 Å². The van der Waals surface area contributed by atoms with Crippen LogP contribution in [-0.2, 0) is 10.8 Å². The van der Waals surface area contributed by atoms with Gasteiger partial charge in [-0.1, -0.05) is 254 Å². The van der Waals surface area contributed by atoms with Gasteiger partial charge in [0, 0.05) is 72.4 Å². The fourth-order valence-corrected chi connectivity index (χ4v) is 14.7. The third-order valence-corrected chi connectivity index (χ3v) is 19.1. The summed E-state index contributed by atoms with van der Waals surface area (Å²) in [7, 11) is 0. The maximum absolute atomic E-state index is 9.50. The smallest absolute Gasteiger partial charge is 0.252 e. The van der Waals surface area contributed by atoms with Crippen LogP contribution in [0.1, 0.15) is 59.5 Å². The number of nitrogens with zero attached hydrogens (tertiary/aromatic N) is 4. The van der Waals surface area contributed by atoms with Gasteiger partial charge in [-0.3, -0.25) is 0 Å². The van der Waals surface area contributed by atoms with Gasteiger partial charge in [0.1, 0.15) is 0 Å². The molecule has 0 radical (unpaired) electrons. The Morgan fingerprint density at radius 3 is 1.32 bits per heavy atom. The molecule has 0 fully saturated rings. The highest BCUT2D eigenvalue weighted by Crippen LogP contribution is 2.54. The highest BCUT2D eigenvalue weighted by Gasteiger charge is 2.46. The summed E-state index contributed by atoms with van der Waals surface area (Å²) in [5, 5.41) is 4.74. The standard InChI is InChI=1S/C86H67BN4/c1-85(2,3)61-50-69(58-31-15-9-16-32-58)84(70(51-61)59-33-17-10-18-34-59)91-79-49-60(56-27-11-7-12-28-56)43-46-72(79)87-73-47-44-64(55-80(73)90(81-52-62(86(4,5)6)53-82(91)83(81)87)74-39-23-19-35-65(74)57-29-13-8-14-30-57)89-77-42-26-22-38-68(77)71-54-63(45-48-78(71)89)88-75-40-24-20-36-66(75)67-37-21-25-41-76(67)88/h7-55H,1-6H3/i7D,11D,12D,27D,28D. The van der Waals surface area contributed by atoms with Crippen molar-refractivity contribution < 1.29 is 6.85 Å². The highest BCUT2D eigenvalue weighted by atomic mass is 15.2. The molecule has 4 nitrogen and oxygen atoms in total. The lowest BCUT2D eigenvalue weighted by Gasteiger charge is -2.46. The number of rotatable bonds is 8. The van der Waals surface area contributed by atoms with Crippen LogP contribution in [0.5, 0.6) is 0 Å². The number of anilines is 6. The molecule has 13 aromatic carbocycles. The maximum Gasteiger partial charge on any atom is 0.252 e. The summed E-state index contributed by atoms with van der Waals surface area (Å²) in [5.41, 5.74) is 24.5. The summed E-state index contributed by atoms with van der Waals surface area (Å²) in [5.74, 6) is 0. The zero-order valence-corrected chi connectivity index (χ0v) is 51.8. The molecule has 17 rings (SSSR count). The summed E-state index contributed by atoms with van der Waals surface area (Å²) in [6.45, 7) is 13.4. The van der Waals surface area contributed by atoms with Gasteiger partial charge in [0.25, 0.3) is 6.71 Å². The fourth-order valence-electron chi connectivity index (χ4n) is 14.7. The Morgan fingerprint density at radius 1 is 0.308 bits per heavy atom. The molecule has 0 saturated carbocycles. The Kier molecular flexibility index (Phi) is 11.2. The van der Waals surface area contributed by atoms with Crippen LogP contribution in [-0.4, -0.2) is 15.8 Å². The summed E-state index contributed by atoms with van der Waals surface area (Å²) < 4.78 is 50.6. The Hall–Kier alpha value is -10.9. The van der Waals surface area contributed by atoms with Gasteiger partial charge in [-0.15, -0.1) is 0 Å². The molecule has 2 aliphatic rings. The van der Waals surface area contributed by atoms with E-state index in [1.54, 1.807) is 0 Å². The number of benzene rings is 13. The van der Waals surface area contributed by atoms with Crippen molar-refractivity contribution in [3.63, 3.8) is 0 Å². The first-order valence-electron chi connectivity index (χ1n) is 34.1. The molecular weight excluding hydrogens is 1100 g/mol. The number of para-hydroxylation sites is 4. The van der Waals surface area contributed by atoms with Crippen molar-refractivity contribution in [1.29, 1.82) is 0 Å². The van der Waals surface area contributed by atoms with Crippen LogP contribution in [0.3, 0.4) is 0 Å². The maximum atomic E-state index is 9.50. The van der Waals surface area contributed by atoms with Crippen molar-refractivity contribution in [3.8, 4) is 55.9 Å². The van der Waals surface area contributed by atoms with E-state index in [9.17, 15) is 2.74 Å². The van der Waals surface area contributed by atoms with E-state index in [1.165, 1.54) is 16.3 Å². The van der Waals surface area contributed by atoms with Gasteiger partial charge in [0.2, 0.25) is 0 Å². The van der Waals surface area contributed by atoms with E-state index in [0.29, 0.717) is 5.56 Å². The van der Waals surface area contributed by atoms with Crippen molar-refractivity contribution in [2.45, 2.75) is 52.4 Å². The fraction of sp³-hybridized carbons (Fsp3) is 0.0930. The predicted octanol–water partition coefficient (Wildman–Crippen LogP) is 21.2. The molecule has 0 aliphatic carbocycles. The molecule has 2 aliphatic heterocycles. The summed E-state index contributed by atoms with van der Waals surface area (Å²) >= 11 is 0. The first-order valence-corrected chi connectivity index (χ1v) is 31.6. The van der Waals surface area contributed by atoms with Gasteiger partial charge < -0.3 is 18.9 Å². The van der Waals surface area contributed by atoms with E-state index in [1.807, 2.05) is 6.07 Å². The van der Waals surface area contributed by atoms with Gasteiger partial charge in [-0.25, -0.2) is 0 Å². The summed E-state index contributed by atoms with van der Waals surface area (Å²) in [6, 6.07) is 95.4. The van der Waals surface area contributed by atoms with Gasteiger partial charge in [-0.2, -0.15) is 0 Å². The van der Waals surface area contributed by atoms with Crippen LogP contribution in [0, 0.1) is 0 Å². The molecule has 0 N–H and O–H groups in total. The van der Waals surface area contributed by atoms with Crippen molar-refractivity contribution >= 4 is 101 Å². The van der Waals surface area contributed by atoms with Crippen LogP contribution in [0.4, 0.5) is 34.1 Å². The third-order valence-electron chi connectivity index (χ3n) is 19.1. The minimum absolute atomic E-state index is 0.152. The van der Waals surface area contributed by atoms with Crippen molar-refractivity contribution in [2.75, 3.05) is 9.80 Å². The lowest BCUT2D eigenvalue weighted by molar-refractivity contribution is 0.590. The molecule has 5 heteroatoms. The van der Waals surface area contributed by atoms with Crippen molar-refractivity contribution in [1.82, 2.24) is 9.13 Å². The Balaban J connectivity index is 0.993. The van der Waals surface area contributed by atoms with E-state index >= 15 is 0 Å². The lowest BCUT2D eigenvalue weighted by atomic mass is 9.33. The molecule has 0 bridgehead atoms. The topological polar surface area (TPSA) is 16.3 Å². The molecule has 2 aromatic heterocycles. The minimum Gasteiger partial charge on any atom is -0.311 e. The Morgan fingerprint density at radius 2 is 0.747 bits per heavy atom. The predicted molar refractivity (Wildman–Crippen MR) is 388 cm³/mol. The monoisotopic (exact) mass is 1170 g/mol. The molecule has 0 spiro atoms. The molecule has 434 valence electrons. The average Bonchev–Trinajstić information content (AvgIpc) is 0.744. The normalized spacial score (nSPS) is 13.6. The second-order valence-corrected chi connectivity index (χ2v) is 26.5. The molecule has 0 saturated heterocycles. The number of fused-ring (bicyclic) bond motifs is 10. The lowest BCUT2D eigenvalue weighted by Crippen LogP contribution is -2.61. The highest BCUT2D eigenvalue weighted by molar-refractivity contribution is 7.00. The van der Waals surface area contributed by atoms with Gasteiger partial charge in [-0.05, 0) is 151 Å². The van der Waals surface area contributed by atoms with Crippen molar-refractivity contribution in [3.05, 3.63) is 308 Å². The first kappa shape index (κ1) is 49.1. The number of hydrogen-bond acceptors (Lipinski definition) is 2. The Bertz CT molecular complexity index is 5560. The average molecular weight is 1170 g/mol. The van der Waals surface area contributed by atoms with Crippen molar-refractivity contribution in [2.24, 2.45) is 0 Å². The van der Waals surface area contributed by atoms with Crippen LogP contribution in [0.25, 0.3) is 99.5 Å². The summed E-state index contributed by atoms with van der Waals surface area (Å²) in [4.78, 5) is 5.02. The van der Waals surface area contributed by atoms with E-state index in [-0.39, 0.29) is 47.3 Å². The Labute approximate surface area is 540 Å². The molecule has 4 heterocycles. The number of aromatic nitrogens is 2. The first-order chi connectivity index (χ1) is 46.5. The van der Waals surface area contributed by atoms with Gasteiger partial charge in [0.15, 0.2) is 0 Å². The second kappa shape index (κ2) is 20.9. The zero-order chi connectivity index (χ0) is 65.6. The third kappa shape index (κ3) is 8.73. The molecule has 0 atom stereocenters. The SMILES string of the molecule is [2H]c1c([2H])c([2H])c(-c2ccc3c(c2)N(c2c(-c4ccccc4)cc(C(C)(C)C)cc2-c2ccccc2)c2cc(C(C)(C)C)cc4c2B3c2ccc(-n3c5ccccc5c5cc(-n6c7ccccc7c7ccccc76)ccc53)cc2N4c2ccccc2-c2ccccc2)c([2H])c1[2H]. The molecule has 91 heavy (non-hydrogen) atoms. The number of hydrogen-bond donors (Lipinski definition) is 0. The minimum atomic E-state index is -0.426. The van der Waals surface area contributed by atoms with Crippen LogP contribution < -0.4 is 26.2 Å². The van der Waals surface area contributed by atoms with E-state index in [4.69, 9.17) is 4.11 Å². The molecular formula is C86H67BN4. The quantitative estimate of drug-likeness (QED) is 0.141. The van der Waals surface area contributed by atoms with E-state index in [2.05, 4.69) is 321 Å². The molecule has 0 amide bonds. The van der Waals surface area contributed by atoms with E-state index in [0.717, 1.165) is 134 Å². The van der Waals surface area contributed by atoms with Gasteiger partial charge >= 0.3 is 0 Å². The molecule has 0 unspecified atom stereocenters. The van der Waals surface area contributed by atoms with Crippen LogP contribution in [0.2, 0.25) is 0 Å². The van der Waals surface area contributed by atoms with Crippen LogP contribution in [0.15, 0.2) is 297 Å². The zero-order valence-electron chi connectivity index (χ0n) is 56.8. The van der Waals surface area contributed by atoms with Gasteiger partial charge in [0.05, 0.1) is 40.3 Å². The largest absolute Gasteiger partial charge is 0.311 e. The molecule has 15 aromatic rings. The summed E-state index contributed by atoms with van der Waals surface area (Å²) in [6.07, 6.45) is 0.